The van der Waals surface area contributed by atoms with E-state index in [1.807, 2.05) is 12.1 Å². The van der Waals surface area contributed by atoms with Gasteiger partial charge in [0, 0.05) is 12.7 Å². The van der Waals surface area contributed by atoms with E-state index < -0.39 is 0 Å². The lowest BCUT2D eigenvalue weighted by Gasteiger charge is -2.06. The van der Waals surface area contributed by atoms with Crippen LogP contribution in [0.3, 0.4) is 0 Å². The molecule has 0 aromatic carbocycles. The predicted octanol–water partition coefficient (Wildman–Crippen LogP) is 1.06. The third-order valence-electron chi connectivity index (χ3n) is 1.57. The molecule has 0 saturated carbocycles. The van der Waals surface area contributed by atoms with E-state index in [0.29, 0.717) is 12.3 Å². The zero-order chi connectivity index (χ0) is 8.97. The number of methoxy groups -OCH3 is 1. The van der Waals surface area contributed by atoms with E-state index in [-0.39, 0.29) is 0 Å². The van der Waals surface area contributed by atoms with Gasteiger partial charge in [-0.05, 0) is 17.7 Å². The molecule has 0 bridgehead atoms. The number of nitrogens with two attached hydrogens (primary N) is 1. The van der Waals surface area contributed by atoms with Crippen molar-refractivity contribution in [1.29, 1.82) is 0 Å². The number of hydrogen-bond acceptors (Lipinski definition) is 3. The van der Waals surface area contributed by atoms with Gasteiger partial charge in [0.2, 0.25) is 0 Å². The molecule has 1 aromatic heterocycles. The van der Waals surface area contributed by atoms with Crippen molar-refractivity contribution in [3.8, 4) is 5.75 Å². The van der Waals surface area contributed by atoms with Gasteiger partial charge in [0.25, 0.3) is 0 Å². The van der Waals surface area contributed by atoms with Gasteiger partial charge in [-0.25, -0.2) is 0 Å². The van der Waals surface area contributed by atoms with Crippen LogP contribution in [0.15, 0.2) is 24.9 Å². The van der Waals surface area contributed by atoms with Crippen LogP contribution in [0.1, 0.15) is 5.69 Å². The second-order valence-corrected chi connectivity index (χ2v) is 2.36. The molecule has 0 unspecified atom stereocenters. The highest BCUT2D eigenvalue weighted by Gasteiger charge is 2.04. The highest BCUT2D eigenvalue weighted by Crippen LogP contribution is 2.20. The fraction of sp³-hybridized carbons (Fsp3) is 0.222. The predicted molar refractivity (Wildman–Crippen MR) is 48.9 cm³/mol. The lowest BCUT2D eigenvalue weighted by Crippen LogP contribution is -2.04. The van der Waals surface area contributed by atoms with Crippen LogP contribution >= 0.6 is 0 Å². The second kappa shape index (κ2) is 3.88. The van der Waals surface area contributed by atoms with Crippen LogP contribution in [0.2, 0.25) is 0 Å². The van der Waals surface area contributed by atoms with E-state index >= 15 is 0 Å². The lowest BCUT2D eigenvalue weighted by atomic mass is 10.2. The average molecular weight is 164 g/mol. The van der Waals surface area contributed by atoms with Gasteiger partial charge in [0.15, 0.2) is 0 Å². The topological polar surface area (TPSA) is 48.1 Å². The first-order valence-electron chi connectivity index (χ1n) is 3.66. The van der Waals surface area contributed by atoms with Crippen molar-refractivity contribution in [2.45, 2.75) is 0 Å². The van der Waals surface area contributed by atoms with Gasteiger partial charge in [-0.2, -0.15) is 0 Å². The van der Waals surface area contributed by atoms with E-state index in [1.165, 1.54) is 0 Å². The second-order valence-electron chi connectivity index (χ2n) is 2.36. The molecule has 1 rings (SSSR count). The molecule has 0 radical (unpaired) electrons. The third-order valence-corrected chi connectivity index (χ3v) is 1.57. The Balaban J connectivity index is 3.04. The Morgan fingerprint density at radius 1 is 1.75 bits per heavy atom. The molecule has 0 fully saturated rings. The Labute approximate surface area is 71.9 Å². The Morgan fingerprint density at radius 3 is 3.08 bits per heavy atom. The van der Waals surface area contributed by atoms with Crippen LogP contribution in [-0.4, -0.2) is 18.6 Å². The van der Waals surface area contributed by atoms with Gasteiger partial charge < -0.3 is 10.5 Å². The number of pyridine rings is 1. The highest BCUT2D eigenvalue weighted by molar-refractivity contribution is 5.66. The average Bonchev–Trinajstić information content (AvgIpc) is 2.16. The Kier molecular flexibility index (Phi) is 2.82. The molecule has 64 valence electrons. The van der Waals surface area contributed by atoms with Crippen LogP contribution in [0.25, 0.3) is 5.57 Å². The molecule has 0 atom stereocenters. The van der Waals surface area contributed by atoms with Gasteiger partial charge in [-0.3, -0.25) is 4.98 Å². The van der Waals surface area contributed by atoms with Gasteiger partial charge >= 0.3 is 0 Å². The van der Waals surface area contributed by atoms with Crippen LogP contribution in [-0.2, 0) is 0 Å². The quantitative estimate of drug-likeness (QED) is 0.726. The first-order chi connectivity index (χ1) is 5.79. The number of rotatable bonds is 3. The molecule has 2 N–H and O–H groups in total. The Hall–Kier alpha value is -1.35. The number of hydrogen-bond donors (Lipinski definition) is 1. The van der Waals surface area contributed by atoms with Crippen molar-refractivity contribution in [2.75, 3.05) is 13.7 Å². The van der Waals surface area contributed by atoms with E-state index in [4.69, 9.17) is 10.5 Å². The normalized spacial score (nSPS) is 9.50. The molecular weight excluding hydrogens is 152 g/mol. The summed E-state index contributed by atoms with van der Waals surface area (Å²) < 4.78 is 5.09. The zero-order valence-electron chi connectivity index (χ0n) is 7.08. The van der Waals surface area contributed by atoms with Crippen molar-refractivity contribution in [2.24, 2.45) is 5.73 Å². The summed E-state index contributed by atoms with van der Waals surface area (Å²) in [5.41, 5.74) is 6.96. The standard InChI is InChI=1S/C9H12N2O/c1-7(6-10)9-8(12-2)4-3-5-11-9/h3-5H,1,6,10H2,2H3. The van der Waals surface area contributed by atoms with Gasteiger partial charge in [-0.15, -0.1) is 0 Å². The minimum atomic E-state index is 0.396. The van der Waals surface area contributed by atoms with Crippen molar-refractivity contribution in [3.63, 3.8) is 0 Å². The van der Waals surface area contributed by atoms with E-state index in [1.54, 1.807) is 13.3 Å². The summed E-state index contributed by atoms with van der Waals surface area (Å²) >= 11 is 0. The Morgan fingerprint density at radius 2 is 2.50 bits per heavy atom. The molecule has 0 aliphatic heterocycles. The molecule has 3 nitrogen and oxygen atoms in total. The molecule has 0 saturated heterocycles. The number of ether oxygens (including phenoxy) is 1. The summed E-state index contributed by atoms with van der Waals surface area (Å²) in [5, 5.41) is 0. The molecular formula is C9H12N2O. The van der Waals surface area contributed by atoms with Crippen molar-refractivity contribution in [1.82, 2.24) is 4.98 Å². The van der Waals surface area contributed by atoms with Gasteiger partial charge in [0.1, 0.15) is 11.4 Å². The summed E-state index contributed by atoms with van der Waals surface area (Å²) in [7, 11) is 1.60. The molecule has 3 heteroatoms. The Bertz CT molecular complexity index is 284. The molecule has 0 amide bonds. The molecule has 12 heavy (non-hydrogen) atoms. The summed E-state index contributed by atoms with van der Waals surface area (Å²) in [6, 6.07) is 3.65. The zero-order valence-corrected chi connectivity index (χ0v) is 7.08. The van der Waals surface area contributed by atoms with Crippen LogP contribution in [0.5, 0.6) is 5.75 Å². The maximum Gasteiger partial charge on any atom is 0.144 e. The maximum atomic E-state index is 5.43. The smallest absolute Gasteiger partial charge is 0.144 e. The first kappa shape index (κ1) is 8.74. The van der Waals surface area contributed by atoms with Crippen molar-refractivity contribution >= 4 is 5.57 Å². The van der Waals surface area contributed by atoms with Gasteiger partial charge in [-0.1, -0.05) is 6.58 Å². The molecule has 0 aliphatic carbocycles. The minimum absolute atomic E-state index is 0.396. The fourth-order valence-corrected chi connectivity index (χ4v) is 0.917. The van der Waals surface area contributed by atoms with E-state index in [0.717, 1.165) is 11.3 Å². The highest BCUT2D eigenvalue weighted by atomic mass is 16.5. The van der Waals surface area contributed by atoms with Gasteiger partial charge in [0.05, 0.1) is 7.11 Å². The minimum Gasteiger partial charge on any atom is -0.494 e. The largest absolute Gasteiger partial charge is 0.494 e. The molecule has 1 aromatic rings. The lowest BCUT2D eigenvalue weighted by molar-refractivity contribution is 0.411. The summed E-state index contributed by atoms with van der Waals surface area (Å²) in [4.78, 5) is 4.12. The number of nitrogens with zero attached hydrogens (tertiary/aromatic N) is 1. The molecule has 0 spiro atoms. The van der Waals surface area contributed by atoms with Crippen LogP contribution in [0.4, 0.5) is 0 Å². The van der Waals surface area contributed by atoms with Crippen LogP contribution < -0.4 is 10.5 Å². The van der Waals surface area contributed by atoms with Crippen molar-refractivity contribution in [3.05, 3.63) is 30.6 Å². The third kappa shape index (κ3) is 1.62. The fourth-order valence-electron chi connectivity index (χ4n) is 0.917. The van der Waals surface area contributed by atoms with Crippen LogP contribution in [0, 0.1) is 0 Å². The summed E-state index contributed by atoms with van der Waals surface area (Å²) in [6.07, 6.45) is 1.69. The molecule has 1 heterocycles. The maximum absolute atomic E-state index is 5.43. The molecule has 0 aliphatic rings. The van der Waals surface area contributed by atoms with Crippen molar-refractivity contribution < 1.29 is 4.74 Å². The summed E-state index contributed by atoms with van der Waals surface area (Å²) in [5.74, 6) is 0.716. The van der Waals surface area contributed by atoms with E-state index in [9.17, 15) is 0 Å². The SMILES string of the molecule is C=C(CN)c1ncccc1OC. The number of aromatic nitrogens is 1. The first-order valence-corrected chi connectivity index (χ1v) is 3.66. The monoisotopic (exact) mass is 164 g/mol. The summed E-state index contributed by atoms with van der Waals surface area (Å²) in [6.45, 7) is 4.18. The van der Waals surface area contributed by atoms with E-state index in [2.05, 4.69) is 11.6 Å².